The van der Waals surface area contributed by atoms with Gasteiger partial charge in [-0.2, -0.15) is 9.50 Å². The van der Waals surface area contributed by atoms with Gasteiger partial charge in [0.05, 0.1) is 17.5 Å². The van der Waals surface area contributed by atoms with Crippen molar-refractivity contribution in [1.29, 1.82) is 0 Å². The molecular weight excluding hydrogens is 503 g/mol. The topological polar surface area (TPSA) is 148 Å². The third-order valence-electron chi connectivity index (χ3n) is 6.41. The first kappa shape index (κ1) is 23.1. The first-order valence-electron chi connectivity index (χ1n) is 11.5. The van der Waals surface area contributed by atoms with Gasteiger partial charge in [-0.05, 0) is 30.3 Å². The molecule has 5 heterocycles. The van der Waals surface area contributed by atoms with Gasteiger partial charge in [-0.15, -0.1) is 5.10 Å². The Morgan fingerprint density at radius 3 is 2.65 bits per heavy atom. The van der Waals surface area contributed by atoms with Crippen molar-refractivity contribution in [3.8, 4) is 11.6 Å². The fraction of sp³-hybridized carbons (Fsp3) is 0.261. The molecule has 0 atom stereocenters. The van der Waals surface area contributed by atoms with Crippen LogP contribution in [0.4, 0.5) is 16.0 Å². The number of fused-ring (bicyclic) bond motifs is 3. The molecule has 0 unspecified atom stereocenters. The Labute approximate surface area is 212 Å². The molecule has 190 valence electrons. The van der Waals surface area contributed by atoms with E-state index in [1.165, 1.54) is 22.9 Å². The van der Waals surface area contributed by atoms with Crippen LogP contribution in [-0.4, -0.2) is 72.8 Å². The van der Waals surface area contributed by atoms with Crippen molar-refractivity contribution in [2.45, 2.75) is 6.54 Å². The van der Waals surface area contributed by atoms with Crippen LogP contribution in [-0.2, 0) is 6.54 Å². The summed E-state index contributed by atoms with van der Waals surface area (Å²) in [5.41, 5.74) is 7.35. The van der Waals surface area contributed by atoms with Crippen LogP contribution in [0.1, 0.15) is 10.4 Å². The lowest BCUT2D eigenvalue weighted by molar-refractivity contribution is 0.0696. The van der Waals surface area contributed by atoms with Gasteiger partial charge < -0.3 is 20.2 Å². The van der Waals surface area contributed by atoms with E-state index in [1.54, 1.807) is 16.7 Å². The van der Waals surface area contributed by atoms with Gasteiger partial charge in [0.25, 0.3) is 0 Å². The average Bonchev–Trinajstić information content (AvgIpc) is 3.62. The molecule has 1 fully saturated rings. The molecule has 3 N–H and O–H groups in total. The maximum absolute atomic E-state index is 14.5. The summed E-state index contributed by atoms with van der Waals surface area (Å²) >= 11 is 1.04. The van der Waals surface area contributed by atoms with Crippen LogP contribution in [0.25, 0.3) is 27.6 Å². The largest absolute Gasteiger partial charge is 0.478 e. The first-order valence-corrected chi connectivity index (χ1v) is 12.3. The van der Waals surface area contributed by atoms with Crippen molar-refractivity contribution < 1.29 is 18.7 Å². The Hall–Kier alpha value is -4.30. The SMILES string of the molecule is Nc1nc2c(sc(=O)n2CCN2CCN(c3ccc(C(=O)O)cc3F)CC2)c2nc(-c3ccco3)nn12. The summed E-state index contributed by atoms with van der Waals surface area (Å²) in [6.07, 6.45) is 1.53. The van der Waals surface area contributed by atoms with Crippen LogP contribution in [0.2, 0.25) is 0 Å². The highest BCUT2D eigenvalue weighted by molar-refractivity contribution is 7.17. The van der Waals surface area contributed by atoms with Crippen LogP contribution >= 0.6 is 11.3 Å². The van der Waals surface area contributed by atoms with E-state index in [1.807, 2.05) is 4.90 Å². The van der Waals surface area contributed by atoms with Gasteiger partial charge in [-0.1, -0.05) is 11.3 Å². The van der Waals surface area contributed by atoms with Gasteiger partial charge in [0.2, 0.25) is 11.8 Å². The van der Waals surface area contributed by atoms with Crippen molar-refractivity contribution in [3.63, 3.8) is 0 Å². The van der Waals surface area contributed by atoms with Crippen LogP contribution < -0.4 is 15.5 Å². The number of carbonyl (C=O) groups is 1. The number of thiazole rings is 1. The van der Waals surface area contributed by atoms with Gasteiger partial charge in [-0.3, -0.25) is 14.3 Å². The lowest BCUT2D eigenvalue weighted by Gasteiger charge is -2.36. The normalized spacial score (nSPS) is 14.7. The number of furan rings is 1. The molecule has 0 bridgehead atoms. The number of nitrogens with zero attached hydrogens (tertiary/aromatic N) is 7. The number of aromatic nitrogens is 5. The fourth-order valence-electron chi connectivity index (χ4n) is 4.49. The standard InChI is InChI=1S/C23H21FN8O4S/c24-14-12-13(21(33)34)3-4-15(14)30-8-5-29(6-9-30)7-10-31-19-17(37-23(31)35)20-26-18(16-2-1-11-36-16)28-32(20)22(25)27-19/h1-4,11-12H,5-10H2,(H2,25,27)(H,33,34). The fourth-order valence-corrected chi connectivity index (χ4v) is 5.42. The Morgan fingerprint density at radius 2 is 1.95 bits per heavy atom. The number of carboxylic acid groups (broad SMARTS) is 1. The van der Waals surface area contributed by atoms with E-state index in [2.05, 4.69) is 20.0 Å². The summed E-state index contributed by atoms with van der Waals surface area (Å²) in [6.45, 7) is 3.47. The van der Waals surface area contributed by atoms with Gasteiger partial charge in [0, 0.05) is 39.3 Å². The summed E-state index contributed by atoms with van der Waals surface area (Å²) in [6, 6.07) is 7.43. The number of piperazine rings is 1. The number of anilines is 2. The number of rotatable bonds is 6. The monoisotopic (exact) mass is 524 g/mol. The minimum atomic E-state index is -1.16. The molecule has 1 aliphatic heterocycles. The quantitative estimate of drug-likeness (QED) is 0.338. The summed E-state index contributed by atoms with van der Waals surface area (Å²) in [7, 11) is 0. The molecule has 0 aliphatic carbocycles. The zero-order chi connectivity index (χ0) is 25.7. The molecule has 4 aromatic heterocycles. The minimum Gasteiger partial charge on any atom is -0.478 e. The first-order chi connectivity index (χ1) is 17.9. The zero-order valence-corrected chi connectivity index (χ0v) is 20.2. The molecule has 12 nitrogen and oxygen atoms in total. The van der Waals surface area contributed by atoms with Gasteiger partial charge in [-0.25, -0.2) is 14.2 Å². The zero-order valence-electron chi connectivity index (χ0n) is 19.4. The Balaban J connectivity index is 1.18. The van der Waals surface area contributed by atoms with E-state index in [9.17, 15) is 14.0 Å². The predicted octanol–water partition coefficient (Wildman–Crippen LogP) is 2.00. The Morgan fingerprint density at radius 1 is 1.14 bits per heavy atom. The minimum absolute atomic E-state index is 0.0804. The third kappa shape index (κ3) is 4.09. The van der Waals surface area contributed by atoms with E-state index in [0.29, 0.717) is 72.5 Å². The van der Waals surface area contributed by atoms with Crippen molar-refractivity contribution in [2.75, 3.05) is 43.4 Å². The maximum atomic E-state index is 14.5. The summed E-state index contributed by atoms with van der Waals surface area (Å²) in [5, 5.41) is 13.4. The number of carboxylic acids is 1. The van der Waals surface area contributed by atoms with E-state index in [4.69, 9.17) is 15.3 Å². The molecular formula is C23H21FN8O4S. The lowest BCUT2D eigenvalue weighted by Crippen LogP contribution is -2.47. The molecule has 0 amide bonds. The average molecular weight is 525 g/mol. The molecule has 0 saturated carbocycles. The van der Waals surface area contributed by atoms with Crippen LogP contribution in [0.15, 0.2) is 45.8 Å². The smallest absolute Gasteiger partial charge is 0.335 e. The van der Waals surface area contributed by atoms with Gasteiger partial charge >= 0.3 is 10.8 Å². The highest BCUT2D eigenvalue weighted by atomic mass is 32.1. The number of nitrogen functional groups attached to an aromatic ring is 1. The summed E-state index contributed by atoms with van der Waals surface area (Å²) < 4.78 is 23.4. The second kappa shape index (κ2) is 8.97. The summed E-state index contributed by atoms with van der Waals surface area (Å²) in [4.78, 5) is 36.8. The Bertz CT molecular complexity index is 1680. The molecule has 37 heavy (non-hydrogen) atoms. The molecule has 0 radical (unpaired) electrons. The second-order valence-corrected chi connectivity index (χ2v) is 9.55. The van der Waals surface area contributed by atoms with Gasteiger partial charge in [0.15, 0.2) is 17.1 Å². The number of aromatic carboxylic acids is 1. The van der Waals surface area contributed by atoms with E-state index >= 15 is 0 Å². The van der Waals surface area contributed by atoms with Gasteiger partial charge in [0.1, 0.15) is 10.5 Å². The molecule has 1 aliphatic rings. The molecule has 5 aromatic rings. The maximum Gasteiger partial charge on any atom is 0.335 e. The highest BCUT2D eigenvalue weighted by Gasteiger charge is 2.23. The number of hydrogen-bond donors (Lipinski definition) is 2. The molecule has 1 saturated heterocycles. The van der Waals surface area contributed by atoms with E-state index in [-0.39, 0.29) is 16.4 Å². The van der Waals surface area contributed by atoms with Crippen molar-refractivity contribution in [1.82, 2.24) is 29.0 Å². The van der Waals surface area contributed by atoms with Crippen molar-refractivity contribution in [3.05, 3.63) is 57.6 Å². The number of halogens is 1. The van der Waals surface area contributed by atoms with Crippen LogP contribution in [0.5, 0.6) is 0 Å². The van der Waals surface area contributed by atoms with Crippen LogP contribution in [0, 0.1) is 5.82 Å². The molecule has 6 rings (SSSR count). The number of benzene rings is 1. The molecule has 0 spiro atoms. The molecule has 1 aromatic carbocycles. The summed E-state index contributed by atoms with van der Waals surface area (Å²) in [5.74, 6) is -0.761. The molecule has 14 heteroatoms. The number of hydrogen-bond acceptors (Lipinski definition) is 10. The second-order valence-electron chi connectivity index (χ2n) is 8.59. The van der Waals surface area contributed by atoms with E-state index < -0.39 is 11.8 Å². The van der Waals surface area contributed by atoms with Crippen molar-refractivity contribution in [2.24, 2.45) is 0 Å². The number of nitrogens with two attached hydrogens (primary N) is 1. The van der Waals surface area contributed by atoms with E-state index in [0.717, 1.165) is 17.4 Å². The highest BCUT2D eigenvalue weighted by Crippen LogP contribution is 2.26. The Kier molecular flexibility index (Phi) is 5.61. The van der Waals surface area contributed by atoms with Crippen molar-refractivity contribution >= 4 is 44.9 Å². The third-order valence-corrected chi connectivity index (χ3v) is 7.37. The lowest BCUT2D eigenvalue weighted by atomic mass is 10.1. The predicted molar refractivity (Wildman–Crippen MR) is 135 cm³/mol. The van der Waals surface area contributed by atoms with Crippen LogP contribution in [0.3, 0.4) is 0 Å².